The maximum atomic E-state index is 12.3. The third kappa shape index (κ3) is 5.33. The number of aromatic nitrogens is 2. The Morgan fingerprint density at radius 2 is 2.00 bits per heavy atom. The lowest BCUT2D eigenvalue weighted by atomic mass is 9.98. The van der Waals surface area contributed by atoms with Crippen molar-refractivity contribution in [3.05, 3.63) is 66.1 Å². The molecular formula is C19H23N3O. The Balaban J connectivity index is 1.94. The van der Waals surface area contributed by atoms with Gasteiger partial charge in [0.2, 0.25) is 5.91 Å². The zero-order valence-corrected chi connectivity index (χ0v) is 13.7. The summed E-state index contributed by atoms with van der Waals surface area (Å²) >= 11 is 0. The van der Waals surface area contributed by atoms with E-state index in [0.29, 0.717) is 5.82 Å². The van der Waals surface area contributed by atoms with Crippen molar-refractivity contribution in [3.63, 3.8) is 0 Å². The standard InChI is InChI=1S/C19H23N3O/c1-3-4-5-6-7-16-8-10-17(11-9-16)15(2)19(23)22-18-12-13-20-14-21-18/h5-6,8-15H,3-4,7H2,1-2H3,(H,20,21,22,23)/b6-5+. The quantitative estimate of drug-likeness (QED) is 0.783. The van der Waals surface area contributed by atoms with E-state index in [1.807, 2.05) is 19.1 Å². The highest BCUT2D eigenvalue weighted by atomic mass is 16.1. The summed E-state index contributed by atoms with van der Waals surface area (Å²) in [6.45, 7) is 4.07. The maximum absolute atomic E-state index is 12.3. The van der Waals surface area contributed by atoms with Gasteiger partial charge in [-0.25, -0.2) is 9.97 Å². The van der Waals surface area contributed by atoms with Crippen molar-refractivity contribution in [3.8, 4) is 0 Å². The molecule has 2 rings (SSSR count). The number of anilines is 1. The van der Waals surface area contributed by atoms with Gasteiger partial charge < -0.3 is 5.32 Å². The highest BCUT2D eigenvalue weighted by molar-refractivity contribution is 5.94. The molecule has 0 aliphatic rings. The van der Waals surface area contributed by atoms with Gasteiger partial charge in [-0.05, 0) is 37.0 Å². The van der Waals surface area contributed by atoms with Crippen LogP contribution in [0.1, 0.15) is 43.7 Å². The van der Waals surface area contributed by atoms with Gasteiger partial charge in [-0.1, -0.05) is 49.8 Å². The van der Waals surface area contributed by atoms with Crippen LogP contribution in [0.3, 0.4) is 0 Å². The van der Waals surface area contributed by atoms with Crippen molar-refractivity contribution < 1.29 is 4.79 Å². The average Bonchev–Trinajstić information content (AvgIpc) is 2.59. The van der Waals surface area contributed by atoms with Gasteiger partial charge in [-0.15, -0.1) is 0 Å². The Kier molecular flexibility index (Phi) is 6.48. The van der Waals surface area contributed by atoms with Crippen molar-refractivity contribution in [2.45, 2.75) is 39.0 Å². The Morgan fingerprint density at radius 3 is 2.65 bits per heavy atom. The number of benzene rings is 1. The zero-order chi connectivity index (χ0) is 16.5. The minimum atomic E-state index is -0.227. The smallest absolute Gasteiger partial charge is 0.232 e. The summed E-state index contributed by atoms with van der Waals surface area (Å²) in [6, 6.07) is 9.89. The molecule has 1 N–H and O–H groups in total. The molecular weight excluding hydrogens is 286 g/mol. The van der Waals surface area contributed by atoms with Gasteiger partial charge in [-0.3, -0.25) is 4.79 Å². The first-order valence-corrected chi connectivity index (χ1v) is 8.01. The minimum absolute atomic E-state index is 0.0701. The van der Waals surface area contributed by atoms with E-state index >= 15 is 0 Å². The number of amides is 1. The number of carbonyl (C=O) groups excluding carboxylic acids is 1. The fourth-order valence-electron chi connectivity index (χ4n) is 2.20. The molecule has 0 radical (unpaired) electrons. The maximum Gasteiger partial charge on any atom is 0.232 e. The molecule has 0 bridgehead atoms. The van der Waals surface area contributed by atoms with E-state index in [4.69, 9.17) is 0 Å². The second-order valence-electron chi connectivity index (χ2n) is 5.51. The average molecular weight is 309 g/mol. The number of unbranched alkanes of at least 4 members (excludes halogenated alkanes) is 1. The number of allylic oxidation sites excluding steroid dienone is 2. The van der Waals surface area contributed by atoms with Crippen molar-refractivity contribution in [1.82, 2.24) is 9.97 Å². The van der Waals surface area contributed by atoms with Gasteiger partial charge in [0.15, 0.2) is 0 Å². The molecule has 1 atom stereocenters. The third-order valence-electron chi connectivity index (χ3n) is 3.68. The topological polar surface area (TPSA) is 54.9 Å². The number of nitrogens with one attached hydrogen (secondary N) is 1. The number of nitrogens with zero attached hydrogens (tertiary/aromatic N) is 2. The zero-order valence-electron chi connectivity index (χ0n) is 13.7. The predicted octanol–water partition coefficient (Wildman–Crippen LogP) is 4.12. The predicted molar refractivity (Wildman–Crippen MR) is 93.3 cm³/mol. The van der Waals surface area contributed by atoms with Crippen LogP contribution in [0.2, 0.25) is 0 Å². The highest BCUT2D eigenvalue weighted by Crippen LogP contribution is 2.18. The molecule has 4 heteroatoms. The van der Waals surface area contributed by atoms with Gasteiger partial charge in [0, 0.05) is 6.20 Å². The number of rotatable bonds is 7. The lowest BCUT2D eigenvalue weighted by molar-refractivity contribution is -0.117. The van der Waals surface area contributed by atoms with Gasteiger partial charge in [-0.2, -0.15) is 0 Å². The Labute approximate surface area is 137 Å². The van der Waals surface area contributed by atoms with Crippen LogP contribution in [0.15, 0.2) is 55.0 Å². The van der Waals surface area contributed by atoms with Crippen LogP contribution in [0, 0.1) is 0 Å². The normalized spacial score (nSPS) is 12.3. The summed E-state index contributed by atoms with van der Waals surface area (Å²) in [5.41, 5.74) is 2.25. The van der Waals surface area contributed by atoms with Crippen LogP contribution in [-0.2, 0) is 11.2 Å². The van der Waals surface area contributed by atoms with Crippen LogP contribution in [0.25, 0.3) is 0 Å². The molecule has 1 aromatic heterocycles. The Morgan fingerprint density at radius 1 is 1.22 bits per heavy atom. The summed E-state index contributed by atoms with van der Waals surface area (Å²) < 4.78 is 0. The second kappa shape index (κ2) is 8.83. The van der Waals surface area contributed by atoms with Crippen LogP contribution < -0.4 is 5.32 Å². The molecule has 0 aliphatic heterocycles. The minimum Gasteiger partial charge on any atom is -0.310 e. The molecule has 4 nitrogen and oxygen atoms in total. The van der Waals surface area contributed by atoms with Gasteiger partial charge in [0.1, 0.15) is 12.1 Å². The highest BCUT2D eigenvalue weighted by Gasteiger charge is 2.15. The summed E-state index contributed by atoms with van der Waals surface area (Å²) in [5.74, 6) is 0.225. The molecule has 1 aromatic carbocycles. The fourth-order valence-corrected chi connectivity index (χ4v) is 2.20. The van der Waals surface area contributed by atoms with E-state index < -0.39 is 0 Å². The molecule has 0 fully saturated rings. The Bertz CT molecular complexity index is 635. The van der Waals surface area contributed by atoms with E-state index in [0.717, 1.165) is 18.4 Å². The van der Waals surface area contributed by atoms with E-state index in [9.17, 15) is 4.79 Å². The summed E-state index contributed by atoms with van der Waals surface area (Å²) in [7, 11) is 0. The molecule has 23 heavy (non-hydrogen) atoms. The van der Waals surface area contributed by atoms with Crippen molar-refractivity contribution >= 4 is 11.7 Å². The van der Waals surface area contributed by atoms with Gasteiger partial charge in [0.25, 0.3) is 0 Å². The van der Waals surface area contributed by atoms with Crippen LogP contribution in [0.5, 0.6) is 0 Å². The number of hydrogen-bond acceptors (Lipinski definition) is 3. The number of hydrogen-bond donors (Lipinski definition) is 1. The van der Waals surface area contributed by atoms with Crippen LogP contribution >= 0.6 is 0 Å². The van der Waals surface area contributed by atoms with Crippen LogP contribution in [-0.4, -0.2) is 15.9 Å². The lowest BCUT2D eigenvalue weighted by Crippen LogP contribution is -2.19. The van der Waals surface area contributed by atoms with Gasteiger partial charge in [0.05, 0.1) is 5.92 Å². The largest absolute Gasteiger partial charge is 0.310 e. The second-order valence-corrected chi connectivity index (χ2v) is 5.51. The molecule has 0 saturated heterocycles. The molecule has 1 amide bonds. The van der Waals surface area contributed by atoms with Crippen molar-refractivity contribution in [1.29, 1.82) is 0 Å². The van der Waals surface area contributed by atoms with Crippen molar-refractivity contribution in [2.75, 3.05) is 5.32 Å². The molecule has 1 heterocycles. The third-order valence-corrected chi connectivity index (χ3v) is 3.68. The first kappa shape index (κ1) is 16.9. The van der Waals surface area contributed by atoms with E-state index in [1.165, 1.54) is 18.3 Å². The monoisotopic (exact) mass is 309 g/mol. The first-order chi connectivity index (χ1) is 11.2. The molecule has 2 aromatic rings. The molecule has 0 aliphatic carbocycles. The SMILES string of the molecule is CCC/C=C/Cc1ccc(C(C)C(=O)Nc2ccncn2)cc1. The summed E-state index contributed by atoms with van der Waals surface area (Å²) in [5, 5.41) is 2.80. The van der Waals surface area contributed by atoms with E-state index in [2.05, 4.69) is 46.5 Å². The van der Waals surface area contributed by atoms with E-state index in [1.54, 1.807) is 12.3 Å². The molecule has 120 valence electrons. The fraction of sp³-hybridized carbons (Fsp3) is 0.316. The van der Waals surface area contributed by atoms with E-state index in [-0.39, 0.29) is 11.8 Å². The summed E-state index contributed by atoms with van der Waals surface area (Å²) in [4.78, 5) is 20.1. The van der Waals surface area contributed by atoms with Gasteiger partial charge >= 0.3 is 0 Å². The molecule has 0 spiro atoms. The lowest BCUT2D eigenvalue weighted by Gasteiger charge is -2.12. The first-order valence-electron chi connectivity index (χ1n) is 8.01. The van der Waals surface area contributed by atoms with Crippen LogP contribution in [0.4, 0.5) is 5.82 Å². The molecule has 1 unspecified atom stereocenters. The molecule has 0 saturated carbocycles. The van der Waals surface area contributed by atoms with Crippen molar-refractivity contribution in [2.24, 2.45) is 0 Å². The Hall–Kier alpha value is -2.49. The summed E-state index contributed by atoms with van der Waals surface area (Å²) in [6.07, 6.45) is 10.7. The number of carbonyl (C=O) groups is 1.